The lowest BCUT2D eigenvalue weighted by atomic mass is 10.2. The number of hydrogen-bond acceptors (Lipinski definition) is 5. The first-order valence-electron chi connectivity index (χ1n) is 6.07. The monoisotopic (exact) mass is 377 g/mol. The minimum Gasteiger partial charge on any atom is -0.456 e. The Bertz CT molecular complexity index is 953. The Morgan fingerprint density at radius 1 is 1.04 bits per heavy atom. The molecule has 0 bridgehead atoms. The summed E-state index contributed by atoms with van der Waals surface area (Å²) in [4.78, 5) is -1.39. The Hall–Kier alpha value is -1.65. The Balaban J connectivity index is 2.63. The minimum atomic E-state index is -4.72. The Kier molecular flexibility index (Phi) is 4.69. The van der Waals surface area contributed by atoms with Gasteiger partial charge in [-0.05, 0) is 25.1 Å². The van der Waals surface area contributed by atoms with Crippen molar-refractivity contribution < 1.29 is 26.1 Å². The second-order valence-corrected chi connectivity index (χ2v) is 7.99. The zero-order valence-corrected chi connectivity index (χ0v) is 14.1. The highest BCUT2D eigenvalue weighted by Crippen LogP contribution is 2.35. The average molecular weight is 378 g/mol. The molecule has 0 spiro atoms. The molecule has 0 aliphatic rings. The zero-order valence-electron chi connectivity index (χ0n) is 11.7. The molecular weight excluding hydrogens is 366 g/mol. The van der Waals surface area contributed by atoms with Gasteiger partial charge in [0.05, 0.1) is 5.02 Å². The second kappa shape index (κ2) is 6.10. The van der Waals surface area contributed by atoms with E-state index < -0.39 is 35.0 Å². The molecule has 0 saturated heterocycles. The fourth-order valence-electron chi connectivity index (χ4n) is 1.75. The third kappa shape index (κ3) is 4.21. The van der Waals surface area contributed by atoms with E-state index >= 15 is 0 Å². The van der Waals surface area contributed by atoms with E-state index in [1.807, 2.05) is 6.92 Å². The summed E-state index contributed by atoms with van der Waals surface area (Å²) in [5.41, 5.74) is 0.962. The van der Waals surface area contributed by atoms with E-state index in [1.165, 1.54) is 0 Å². The second-order valence-electron chi connectivity index (χ2n) is 4.66. The zero-order chi connectivity index (χ0) is 17.4. The normalized spacial score (nSPS) is 12.2. The maximum absolute atomic E-state index is 11.7. The van der Waals surface area contributed by atoms with Crippen molar-refractivity contribution in [1.82, 2.24) is 0 Å². The molecule has 0 unspecified atom stereocenters. The van der Waals surface area contributed by atoms with Crippen LogP contribution >= 0.6 is 11.6 Å². The highest BCUT2D eigenvalue weighted by molar-refractivity contribution is 7.89. The molecule has 0 aromatic heterocycles. The summed E-state index contributed by atoms with van der Waals surface area (Å²) in [7, 11) is -9.04. The predicted molar refractivity (Wildman–Crippen MR) is 83.9 cm³/mol. The highest BCUT2D eigenvalue weighted by Gasteiger charge is 2.24. The van der Waals surface area contributed by atoms with Gasteiger partial charge >= 0.3 is 0 Å². The van der Waals surface area contributed by atoms with Gasteiger partial charge in [-0.3, -0.25) is 4.55 Å². The molecule has 23 heavy (non-hydrogen) atoms. The van der Waals surface area contributed by atoms with Crippen LogP contribution in [0.5, 0.6) is 11.5 Å². The fourth-order valence-corrected chi connectivity index (χ4v) is 3.51. The number of aryl methyl sites for hydroxylation is 1. The predicted octanol–water partition coefficient (Wildman–Crippen LogP) is 2.33. The maximum Gasteiger partial charge on any atom is 0.296 e. The van der Waals surface area contributed by atoms with Crippen LogP contribution in [0.1, 0.15) is 5.56 Å². The van der Waals surface area contributed by atoms with E-state index in [1.54, 1.807) is 24.3 Å². The summed E-state index contributed by atoms with van der Waals surface area (Å²) in [6.07, 6.45) is 0. The van der Waals surface area contributed by atoms with E-state index in [0.717, 1.165) is 11.6 Å². The molecule has 0 saturated carbocycles. The molecule has 0 heterocycles. The number of benzene rings is 2. The lowest BCUT2D eigenvalue weighted by molar-refractivity contribution is 0.464. The van der Waals surface area contributed by atoms with Crippen LogP contribution in [0, 0.1) is 6.92 Å². The van der Waals surface area contributed by atoms with Crippen molar-refractivity contribution in [3.05, 3.63) is 47.0 Å². The Morgan fingerprint density at radius 2 is 1.61 bits per heavy atom. The van der Waals surface area contributed by atoms with E-state index in [2.05, 4.69) is 0 Å². The largest absolute Gasteiger partial charge is 0.456 e. The SMILES string of the molecule is Cc1ccc(Oc2cc(Cl)c(S(=O)(=O)O)cc2S(N)(=O)=O)cc1. The van der Waals surface area contributed by atoms with Crippen LogP contribution in [-0.2, 0) is 20.1 Å². The molecule has 0 fully saturated rings. The first kappa shape index (κ1) is 17.7. The summed E-state index contributed by atoms with van der Waals surface area (Å²) >= 11 is 5.77. The number of hydrogen-bond donors (Lipinski definition) is 2. The van der Waals surface area contributed by atoms with Crippen molar-refractivity contribution in [2.24, 2.45) is 5.14 Å². The van der Waals surface area contributed by atoms with Gasteiger partial charge in [-0.25, -0.2) is 13.6 Å². The van der Waals surface area contributed by atoms with Gasteiger partial charge in [-0.15, -0.1) is 0 Å². The van der Waals surface area contributed by atoms with Crippen molar-refractivity contribution >= 4 is 31.7 Å². The molecule has 0 amide bonds. The molecule has 2 aromatic rings. The van der Waals surface area contributed by atoms with Crippen LogP contribution in [0.4, 0.5) is 0 Å². The van der Waals surface area contributed by atoms with E-state index in [-0.39, 0.29) is 5.75 Å². The number of primary sulfonamides is 1. The number of nitrogens with two attached hydrogens (primary N) is 1. The molecule has 0 atom stereocenters. The van der Waals surface area contributed by atoms with Crippen molar-refractivity contribution in [1.29, 1.82) is 0 Å². The lowest BCUT2D eigenvalue weighted by Crippen LogP contribution is -2.14. The number of ether oxygens (including phenoxy) is 1. The van der Waals surface area contributed by atoms with Gasteiger partial charge in [0.2, 0.25) is 10.0 Å². The van der Waals surface area contributed by atoms with Crippen LogP contribution < -0.4 is 9.88 Å². The summed E-state index contributed by atoms with van der Waals surface area (Å²) in [5.74, 6) is 0.0462. The van der Waals surface area contributed by atoms with Crippen LogP contribution in [0.2, 0.25) is 5.02 Å². The highest BCUT2D eigenvalue weighted by atomic mass is 35.5. The standard InChI is InChI=1S/C13H12ClNO6S2/c1-8-2-4-9(5-3-8)21-11-6-10(14)12(23(18,19)20)7-13(11)22(15,16)17/h2-7H,1H3,(H2,15,16,17)(H,18,19,20). The van der Waals surface area contributed by atoms with Crippen LogP contribution in [0.25, 0.3) is 0 Å². The number of rotatable bonds is 4. The van der Waals surface area contributed by atoms with Gasteiger partial charge in [0.15, 0.2) is 0 Å². The van der Waals surface area contributed by atoms with Crippen LogP contribution in [-0.4, -0.2) is 21.4 Å². The van der Waals surface area contributed by atoms with Gasteiger partial charge in [-0.1, -0.05) is 29.3 Å². The lowest BCUT2D eigenvalue weighted by Gasteiger charge is -2.12. The van der Waals surface area contributed by atoms with Crippen molar-refractivity contribution in [3.8, 4) is 11.5 Å². The smallest absolute Gasteiger partial charge is 0.296 e. The first-order valence-corrected chi connectivity index (χ1v) is 9.43. The molecule has 10 heteroatoms. The van der Waals surface area contributed by atoms with Gasteiger partial charge in [-0.2, -0.15) is 8.42 Å². The number of sulfonamides is 1. The minimum absolute atomic E-state index is 0.256. The fraction of sp³-hybridized carbons (Fsp3) is 0.0769. The van der Waals surface area contributed by atoms with Crippen molar-refractivity contribution in [3.63, 3.8) is 0 Å². The molecule has 3 N–H and O–H groups in total. The maximum atomic E-state index is 11.7. The van der Waals surface area contributed by atoms with Gasteiger partial charge in [0.25, 0.3) is 10.1 Å². The molecule has 7 nitrogen and oxygen atoms in total. The molecule has 0 radical (unpaired) electrons. The van der Waals surface area contributed by atoms with E-state index in [9.17, 15) is 16.8 Å². The molecular formula is C13H12ClNO6S2. The molecule has 2 aromatic carbocycles. The Labute approximate surface area is 138 Å². The van der Waals surface area contributed by atoms with Crippen molar-refractivity contribution in [2.45, 2.75) is 16.7 Å². The molecule has 2 rings (SSSR count). The summed E-state index contributed by atoms with van der Waals surface area (Å²) < 4.78 is 60.3. The first-order chi connectivity index (χ1) is 10.5. The molecule has 124 valence electrons. The van der Waals surface area contributed by atoms with Gasteiger partial charge in [0, 0.05) is 6.07 Å². The van der Waals surface area contributed by atoms with Gasteiger partial charge < -0.3 is 4.74 Å². The summed E-state index contributed by atoms with van der Waals surface area (Å²) in [5, 5.41) is 4.67. The number of halogens is 1. The summed E-state index contributed by atoms with van der Waals surface area (Å²) in [6, 6.07) is 8.26. The summed E-state index contributed by atoms with van der Waals surface area (Å²) in [6.45, 7) is 1.86. The van der Waals surface area contributed by atoms with Crippen LogP contribution in [0.15, 0.2) is 46.2 Å². The Morgan fingerprint density at radius 3 is 2.09 bits per heavy atom. The topological polar surface area (TPSA) is 124 Å². The van der Waals surface area contributed by atoms with Gasteiger partial charge in [0.1, 0.15) is 21.3 Å². The quantitative estimate of drug-likeness (QED) is 0.788. The molecule has 0 aliphatic heterocycles. The van der Waals surface area contributed by atoms with E-state index in [4.69, 9.17) is 26.0 Å². The van der Waals surface area contributed by atoms with Crippen molar-refractivity contribution in [2.75, 3.05) is 0 Å². The van der Waals surface area contributed by atoms with E-state index in [0.29, 0.717) is 11.8 Å². The molecule has 0 aliphatic carbocycles. The average Bonchev–Trinajstić information content (AvgIpc) is 2.38. The third-order valence-corrected chi connectivity index (χ3v) is 5.08. The van der Waals surface area contributed by atoms with Crippen LogP contribution in [0.3, 0.4) is 0 Å². The third-order valence-electron chi connectivity index (χ3n) is 2.83.